The van der Waals surface area contributed by atoms with Gasteiger partial charge in [-0.15, -0.1) is 0 Å². The van der Waals surface area contributed by atoms with Crippen LogP contribution < -0.4 is 5.32 Å². The quantitative estimate of drug-likeness (QED) is 0.928. The summed E-state index contributed by atoms with van der Waals surface area (Å²) in [6, 6.07) is 6.42. The first-order valence-corrected chi connectivity index (χ1v) is 8.60. The number of anilines is 1. The minimum Gasteiger partial charge on any atom is -0.326 e. The van der Waals surface area contributed by atoms with E-state index in [4.69, 9.17) is 0 Å². The second kappa shape index (κ2) is 5.95. The van der Waals surface area contributed by atoms with E-state index in [1.165, 1.54) is 0 Å². The van der Waals surface area contributed by atoms with E-state index in [-0.39, 0.29) is 11.8 Å². The molecule has 4 nitrogen and oxygen atoms in total. The SMILES string of the molecule is CC(C)S(=O)(=O)c1ccc(NC(=O)C2CCCC2)cc1. The van der Waals surface area contributed by atoms with Crippen LogP contribution in [0, 0.1) is 5.92 Å². The minimum absolute atomic E-state index is 0.0435. The van der Waals surface area contributed by atoms with Gasteiger partial charge in [0.15, 0.2) is 9.84 Å². The summed E-state index contributed by atoms with van der Waals surface area (Å²) in [7, 11) is -3.25. The van der Waals surface area contributed by atoms with E-state index in [2.05, 4.69) is 5.32 Å². The highest BCUT2D eigenvalue weighted by molar-refractivity contribution is 7.92. The molecule has 0 spiro atoms. The summed E-state index contributed by atoms with van der Waals surface area (Å²) in [4.78, 5) is 12.3. The molecule has 20 heavy (non-hydrogen) atoms. The van der Waals surface area contributed by atoms with Gasteiger partial charge < -0.3 is 5.32 Å². The highest BCUT2D eigenvalue weighted by Gasteiger charge is 2.23. The van der Waals surface area contributed by atoms with Crippen LogP contribution >= 0.6 is 0 Å². The first-order valence-electron chi connectivity index (χ1n) is 7.06. The van der Waals surface area contributed by atoms with E-state index < -0.39 is 15.1 Å². The van der Waals surface area contributed by atoms with Crippen LogP contribution in [0.4, 0.5) is 5.69 Å². The molecule has 1 aliphatic carbocycles. The molecule has 1 aromatic rings. The molecule has 1 N–H and O–H groups in total. The highest BCUT2D eigenvalue weighted by Crippen LogP contribution is 2.26. The van der Waals surface area contributed by atoms with Crippen molar-refractivity contribution in [1.29, 1.82) is 0 Å². The first kappa shape index (κ1) is 15.0. The molecule has 1 aromatic carbocycles. The van der Waals surface area contributed by atoms with Gasteiger partial charge in [-0.05, 0) is 51.0 Å². The fourth-order valence-corrected chi connectivity index (χ4v) is 3.49. The monoisotopic (exact) mass is 295 g/mol. The summed E-state index contributed by atoms with van der Waals surface area (Å²) in [5, 5.41) is 2.41. The zero-order valence-electron chi connectivity index (χ0n) is 11.9. The van der Waals surface area contributed by atoms with Gasteiger partial charge in [0.25, 0.3) is 0 Å². The van der Waals surface area contributed by atoms with Crippen LogP contribution in [0.25, 0.3) is 0 Å². The average molecular weight is 295 g/mol. The predicted molar refractivity (Wildman–Crippen MR) is 79.4 cm³/mol. The second-order valence-electron chi connectivity index (χ2n) is 5.59. The fourth-order valence-electron chi connectivity index (χ4n) is 2.43. The van der Waals surface area contributed by atoms with Crippen molar-refractivity contribution in [2.75, 3.05) is 5.32 Å². The lowest BCUT2D eigenvalue weighted by molar-refractivity contribution is -0.119. The van der Waals surface area contributed by atoms with Crippen molar-refractivity contribution < 1.29 is 13.2 Å². The molecule has 2 rings (SSSR count). The van der Waals surface area contributed by atoms with E-state index in [0.717, 1.165) is 25.7 Å². The van der Waals surface area contributed by atoms with Gasteiger partial charge in [-0.1, -0.05) is 12.8 Å². The Kier molecular flexibility index (Phi) is 4.48. The number of carbonyl (C=O) groups is 1. The number of rotatable bonds is 4. The molecule has 0 heterocycles. The Morgan fingerprint density at radius 2 is 1.70 bits per heavy atom. The topological polar surface area (TPSA) is 63.2 Å². The summed E-state index contributed by atoms with van der Waals surface area (Å²) in [6.07, 6.45) is 4.13. The molecule has 5 heteroatoms. The Morgan fingerprint density at radius 3 is 2.20 bits per heavy atom. The first-order chi connectivity index (χ1) is 9.41. The van der Waals surface area contributed by atoms with E-state index in [9.17, 15) is 13.2 Å². The van der Waals surface area contributed by atoms with Crippen LogP contribution in [0.2, 0.25) is 0 Å². The second-order valence-corrected chi connectivity index (χ2v) is 8.09. The predicted octanol–water partition coefficient (Wildman–Crippen LogP) is 3.00. The molecule has 0 saturated heterocycles. The van der Waals surface area contributed by atoms with Crippen LogP contribution in [0.5, 0.6) is 0 Å². The van der Waals surface area contributed by atoms with Crippen molar-refractivity contribution >= 4 is 21.4 Å². The molecular weight excluding hydrogens is 274 g/mol. The summed E-state index contributed by atoms with van der Waals surface area (Å²) in [5.74, 6) is 0.149. The maximum atomic E-state index is 12.0. The maximum Gasteiger partial charge on any atom is 0.227 e. The largest absolute Gasteiger partial charge is 0.326 e. The lowest BCUT2D eigenvalue weighted by Crippen LogP contribution is -2.20. The van der Waals surface area contributed by atoms with Gasteiger partial charge in [-0.25, -0.2) is 8.42 Å². The van der Waals surface area contributed by atoms with Crippen LogP contribution in [0.1, 0.15) is 39.5 Å². The standard InChI is InChI=1S/C15H21NO3S/c1-11(2)20(18,19)14-9-7-13(8-10-14)16-15(17)12-5-3-4-6-12/h7-12H,3-6H2,1-2H3,(H,16,17). The number of benzene rings is 1. The van der Waals surface area contributed by atoms with Gasteiger partial charge in [-0.3, -0.25) is 4.79 Å². The van der Waals surface area contributed by atoms with Crippen LogP contribution in [0.15, 0.2) is 29.2 Å². The van der Waals surface area contributed by atoms with Crippen molar-refractivity contribution in [2.45, 2.75) is 49.7 Å². The van der Waals surface area contributed by atoms with Crippen LogP contribution in [0.3, 0.4) is 0 Å². The van der Waals surface area contributed by atoms with Gasteiger partial charge in [-0.2, -0.15) is 0 Å². The summed E-state index contributed by atoms with van der Waals surface area (Å²) < 4.78 is 24.0. The van der Waals surface area contributed by atoms with Crippen LogP contribution in [-0.4, -0.2) is 19.6 Å². The van der Waals surface area contributed by atoms with E-state index in [0.29, 0.717) is 10.6 Å². The number of nitrogens with one attached hydrogen (secondary N) is 1. The smallest absolute Gasteiger partial charge is 0.227 e. The molecule has 0 aliphatic heterocycles. The molecule has 0 unspecified atom stereocenters. The highest BCUT2D eigenvalue weighted by atomic mass is 32.2. The maximum absolute atomic E-state index is 12.0. The molecule has 0 atom stereocenters. The zero-order valence-corrected chi connectivity index (χ0v) is 12.7. The molecule has 1 aliphatic rings. The van der Waals surface area contributed by atoms with Gasteiger partial charge >= 0.3 is 0 Å². The third-order valence-electron chi connectivity index (χ3n) is 3.80. The Bertz CT molecular complexity index is 570. The lowest BCUT2D eigenvalue weighted by Gasteiger charge is -2.12. The number of sulfone groups is 1. The van der Waals surface area contributed by atoms with E-state index in [1.54, 1.807) is 38.1 Å². The van der Waals surface area contributed by atoms with Gasteiger partial charge in [0.1, 0.15) is 0 Å². The molecule has 0 bridgehead atoms. The Labute approximate surface area is 120 Å². The van der Waals surface area contributed by atoms with Gasteiger partial charge in [0.2, 0.25) is 5.91 Å². The molecule has 1 saturated carbocycles. The Hall–Kier alpha value is -1.36. The molecule has 1 fully saturated rings. The minimum atomic E-state index is -3.25. The molecule has 0 aromatic heterocycles. The van der Waals surface area contributed by atoms with E-state index >= 15 is 0 Å². The third-order valence-corrected chi connectivity index (χ3v) is 5.97. The molecule has 110 valence electrons. The summed E-state index contributed by atoms with van der Waals surface area (Å²) in [6.45, 7) is 3.32. The zero-order chi connectivity index (χ0) is 14.8. The van der Waals surface area contributed by atoms with Gasteiger partial charge in [0.05, 0.1) is 10.1 Å². The number of hydrogen-bond donors (Lipinski definition) is 1. The molecule has 0 radical (unpaired) electrons. The van der Waals surface area contributed by atoms with Crippen molar-refractivity contribution in [1.82, 2.24) is 0 Å². The number of carbonyl (C=O) groups excluding carboxylic acids is 1. The van der Waals surface area contributed by atoms with Crippen molar-refractivity contribution in [2.24, 2.45) is 5.92 Å². The average Bonchev–Trinajstić information content (AvgIpc) is 2.93. The van der Waals surface area contributed by atoms with E-state index in [1.807, 2.05) is 0 Å². The summed E-state index contributed by atoms with van der Waals surface area (Å²) >= 11 is 0. The Morgan fingerprint density at radius 1 is 1.15 bits per heavy atom. The van der Waals surface area contributed by atoms with Crippen molar-refractivity contribution in [3.63, 3.8) is 0 Å². The third kappa shape index (κ3) is 3.20. The molecular formula is C15H21NO3S. The van der Waals surface area contributed by atoms with Crippen molar-refractivity contribution in [3.8, 4) is 0 Å². The van der Waals surface area contributed by atoms with Crippen LogP contribution in [-0.2, 0) is 14.6 Å². The van der Waals surface area contributed by atoms with Gasteiger partial charge in [0, 0.05) is 11.6 Å². The summed E-state index contributed by atoms with van der Waals surface area (Å²) in [5.41, 5.74) is 0.657. The number of amides is 1. The fraction of sp³-hybridized carbons (Fsp3) is 0.533. The van der Waals surface area contributed by atoms with Crippen molar-refractivity contribution in [3.05, 3.63) is 24.3 Å². The lowest BCUT2D eigenvalue weighted by atomic mass is 10.1. The Balaban J connectivity index is 2.07. The number of hydrogen-bond acceptors (Lipinski definition) is 3. The normalized spacial score (nSPS) is 16.6. The molecule has 1 amide bonds.